The number of aromatic nitrogens is 3. The van der Waals surface area contributed by atoms with Crippen LogP contribution in [0.15, 0.2) is 23.7 Å². The third kappa shape index (κ3) is 3.05. The Bertz CT molecular complexity index is 535. The van der Waals surface area contributed by atoms with Crippen molar-refractivity contribution in [2.45, 2.75) is 25.5 Å². The Kier molecular flexibility index (Phi) is 4.08. The van der Waals surface area contributed by atoms with Gasteiger partial charge in [-0.2, -0.15) is 15.4 Å². The number of hydrogen-bond acceptors (Lipinski definition) is 5. The fraction of sp³-hybridized carbons (Fsp3) is 0.462. The van der Waals surface area contributed by atoms with Gasteiger partial charge < -0.3 is 9.64 Å². The quantitative estimate of drug-likeness (QED) is 0.910. The van der Waals surface area contributed by atoms with E-state index in [1.165, 1.54) is 6.20 Å². The molecule has 2 aromatic heterocycles. The van der Waals surface area contributed by atoms with Gasteiger partial charge in [0.2, 0.25) is 0 Å². The fourth-order valence-corrected chi connectivity index (χ4v) is 3.03. The summed E-state index contributed by atoms with van der Waals surface area (Å²) in [5, 5.41) is 12.1. The number of thiophene rings is 1. The van der Waals surface area contributed by atoms with Gasteiger partial charge in [-0.1, -0.05) is 6.07 Å². The van der Waals surface area contributed by atoms with Crippen molar-refractivity contribution in [2.75, 3.05) is 13.2 Å². The summed E-state index contributed by atoms with van der Waals surface area (Å²) < 4.78 is 5.64. The number of aromatic amines is 1. The van der Waals surface area contributed by atoms with E-state index in [0.29, 0.717) is 18.8 Å². The highest BCUT2D eigenvalue weighted by Gasteiger charge is 2.25. The van der Waals surface area contributed by atoms with Crippen LogP contribution in [0.4, 0.5) is 0 Å². The second-order valence-corrected chi connectivity index (χ2v) is 5.79. The largest absolute Gasteiger partial charge is 0.376 e. The summed E-state index contributed by atoms with van der Waals surface area (Å²) in [6.45, 7) is 1.97. The molecule has 6 nitrogen and oxygen atoms in total. The van der Waals surface area contributed by atoms with Gasteiger partial charge in [-0.25, -0.2) is 0 Å². The number of H-pyrrole nitrogens is 1. The molecule has 0 aromatic carbocycles. The van der Waals surface area contributed by atoms with Gasteiger partial charge in [0.1, 0.15) is 0 Å². The van der Waals surface area contributed by atoms with E-state index in [0.717, 1.165) is 24.3 Å². The summed E-state index contributed by atoms with van der Waals surface area (Å²) in [7, 11) is 0. The van der Waals surface area contributed by atoms with E-state index < -0.39 is 0 Å². The van der Waals surface area contributed by atoms with E-state index in [4.69, 9.17) is 4.74 Å². The minimum absolute atomic E-state index is 0.109. The number of ether oxygens (including phenoxy) is 1. The molecule has 7 heteroatoms. The zero-order chi connectivity index (χ0) is 13.8. The molecule has 1 aliphatic rings. The molecule has 1 saturated heterocycles. The molecule has 0 aliphatic carbocycles. The summed E-state index contributed by atoms with van der Waals surface area (Å²) in [5.74, 6) is -0.109. The van der Waals surface area contributed by atoms with E-state index in [-0.39, 0.29) is 12.0 Å². The van der Waals surface area contributed by atoms with E-state index in [1.54, 1.807) is 16.2 Å². The van der Waals surface area contributed by atoms with Crippen LogP contribution in [0.3, 0.4) is 0 Å². The number of rotatable bonds is 5. The van der Waals surface area contributed by atoms with E-state index in [9.17, 15) is 4.79 Å². The minimum atomic E-state index is -0.109. The first-order valence-electron chi connectivity index (χ1n) is 6.62. The molecule has 1 fully saturated rings. The maximum atomic E-state index is 12.5. The standard InChI is InChI=1S/C13H16N4O2S/c18-13(12-7-14-16-15-12)17(8-10-3-1-5-19-10)9-11-4-2-6-20-11/h2,4,6-7,10H,1,3,5,8-9H2,(H,14,15,16). The van der Waals surface area contributed by atoms with Gasteiger partial charge in [-0.15, -0.1) is 11.3 Å². The second-order valence-electron chi connectivity index (χ2n) is 4.76. The number of carbonyl (C=O) groups excluding carboxylic acids is 1. The second kappa shape index (κ2) is 6.15. The average Bonchev–Trinajstić information content (AvgIpc) is 3.20. The van der Waals surface area contributed by atoms with Crippen molar-refractivity contribution in [1.82, 2.24) is 20.3 Å². The molecule has 0 saturated carbocycles. The smallest absolute Gasteiger partial charge is 0.276 e. The highest BCUT2D eigenvalue weighted by atomic mass is 32.1. The van der Waals surface area contributed by atoms with Crippen molar-refractivity contribution in [3.8, 4) is 0 Å². The van der Waals surface area contributed by atoms with Gasteiger partial charge in [0.25, 0.3) is 5.91 Å². The third-order valence-corrected chi connectivity index (χ3v) is 4.16. The Morgan fingerprint density at radius 1 is 1.60 bits per heavy atom. The Labute approximate surface area is 120 Å². The lowest BCUT2D eigenvalue weighted by atomic mass is 10.2. The number of amides is 1. The number of nitrogens with zero attached hydrogens (tertiary/aromatic N) is 3. The molecule has 2 aromatic rings. The van der Waals surface area contributed by atoms with E-state index >= 15 is 0 Å². The van der Waals surface area contributed by atoms with Crippen molar-refractivity contribution in [3.05, 3.63) is 34.3 Å². The van der Waals surface area contributed by atoms with Crippen LogP contribution in [0.2, 0.25) is 0 Å². The normalized spacial score (nSPS) is 18.3. The zero-order valence-electron chi connectivity index (χ0n) is 11.0. The minimum Gasteiger partial charge on any atom is -0.376 e. The molecule has 1 N–H and O–H groups in total. The lowest BCUT2D eigenvalue weighted by Gasteiger charge is -2.24. The highest BCUT2D eigenvalue weighted by molar-refractivity contribution is 7.09. The molecule has 0 bridgehead atoms. The first kappa shape index (κ1) is 13.3. The molecule has 106 valence electrons. The van der Waals surface area contributed by atoms with Gasteiger partial charge in [-0.05, 0) is 24.3 Å². The molecule has 3 heterocycles. The van der Waals surface area contributed by atoms with Gasteiger partial charge in [0.15, 0.2) is 5.69 Å². The molecular weight excluding hydrogens is 276 g/mol. The van der Waals surface area contributed by atoms with Crippen LogP contribution in [0, 0.1) is 0 Å². The van der Waals surface area contributed by atoms with Crippen molar-refractivity contribution >= 4 is 17.2 Å². The van der Waals surface area contributed by atoms with Crippen molar-refractivity contribution < 1.29 is 9.53 Å². The zero-order valence-corrected chi connectivity index (χ0v) is 11.8. The van der Waals surface area contributed by atoms with Crippen LogP contribution >= 0.6 is 11.3 Å². The lowest BCUT2D eigenvalue weighted by Crippen LogP contribution is -2.37. The Morgan fingerprint density at radius 2 is 2.55 bits per heavy atom. The SMILES string of the molecule is O=C(c1cn[nH]n1)N(Cc1cccs1)CC1CCCO1. The predicted molar refractivity (Wildman–Crippen MR) is 74.4 cm³/mol. The number of nitrogens with one attached hydrogen (secondary N) is 1. The Hall–Kier alpha value is -1.73. The van der Waals surface area contributed by atoms with Crippen LogP contribution in [0.25, 0.3) is 0 Å². The predicted octanol–water partition coefficient (Wildman–Crippen LogP) is 1.69. The molecule has 0 radical (unpaired) electrons. The number of hydrogen-bond donors (Lipinski definition) is 1. The molecule has 0 spiro atoms. The summed E-state index contributed by atoms with van der Waals surface area (Å²) in [4.78, 5) is 15.4. The van der Waals surface area contributed by atoms with E-state index in [2.05, 4.69) is 15.4 Å². The molecular formula is C13H16N4O2S. The van der Waals surface area contributed by atoms with Crippen molar-refractivity contribution in [1.29, 1.82) is 0 Å². The molecule has 1 aliphatic heterocycles. The van der Waals surface area contributed by atoms with Crippen LogP contribution in [0.1, 0.15) is 28.2 Å². The van der Waals surface area contributed by atoms with Crippen molar-refractivity contribution in [2.24, 2.45) is 0 Å². The maximum absolute atomic E-state index is 12.5. The lowest BCUT2D eigenvalue weighted by molar-refractivity contribution is 0.0505. The topological polar surface area (TPSA) is 71.1 Å². The summed E-state index contributed by atoms with van der Waals surface area (Å²) in [6.07, 6.45) is 3.66. The highest BCUT2D eigenvalue weighted by Crippen LogP contribution is 2.18. The van der Waals surface area contributed by atoms with Crippen LogP contribution in [0.5, 0.6) is 0 Å². The number of carbonyl (C=O) groups is 1. The molecule has 3 rings (SSSR count). The Balaban J connectivity index is 1.73. The van der Waals surface area contributed by atoms with Crippen LogP contribution in [-0.2, 0) is 11.3 Å². The van der Waals surface area contributed by atoms with E-state index in [1.807, 2.05) is 17.5 Å². The first-order chi connectivity index (χ1) is 9.83. The fourth-order valence-electron chi connectivity index (χ4n) is 2.31. The van der Waals surface area contributed by atoms with Crippen LogP contribution < -0.4 is 0 Å². The van der Waals surface area contributed by atoms with Crippen molar-refractivity contribution in [3.63, 3.8) is 0 Å². The summed E-state index contributed by atoms with van der Waals surface area (Å²) in [6, 6.07) is 4.02. The molecule has 1 atom stereocenters. The van der Waals surface area contributed by atoms with Gasteiger partial charge in [-0.3, -0.25) is 4.79 Å². The van der Waals surface area contributed by atoms with Gasteiger partial charge in [0, 0.05) is 18.0 Å². The van der Waals surface area contributed by atoms with Gasteiger partial charge in [0.05, 0.1) is 18.8 Å². The molecule has 20 heavy (non-hydrogen) atoms. The average molecular weight is 292 g/mol. The molecule has 1 amide bonds. The maximum Gasteiger partial charge on any atom is 0.276 e. The van der Waals surface area contributed by atoms with Gasteiger partial charge >= 0.3 is 0 Å². The Morgan fingerprint density at radius 3 is 3.20 bits per heavy atom. The first-order valence-corrected chi connectivity index (χ1v) is 7.50. The molecule has 1 unspecified atom stereocenters. The monoisotopic (exact) mass is 292 g/mol. The third-order valence-electron chi connectivity index (χ3n) is 3.30. The summed E-state index contributed by atoms with van der Waals surface area (Å²) in [5.41, 5.74) is 0.347. The summed E-state index contributed by atoms with van der Waals surface area (Å²) >= 11 is 1.65. The van der Waals surface area contributed by atoms with Crippen LogP contribution in [-0.4, -0.2) is 45.5 Å².